The summed E-state index contributed by atoms with van der Waals surface area (Å²) in [5.74, 6) is 0.110. The molecule has 1 saturated carbocycles. The van der Waals surface area contributed by atoms with Gasteiger partial charge in [0.1, 0.15) is 18.2 Å². The zero-order valence-corrected chi connectivity index (χ0v) is 14.8. The number of benzene rings is 1. The first-order chi connectivity index (χ1) is 11.1. The van der Waals surface area contributed by atoms with Gasteiger partial charge in [0, 0.05) is 18.2 Å². The molecule has 0 atom stereocenters. The largest absolute Gasteiger partial charge is 0.487 e. The SMILES string of the molecule is CC(CN)=C(F)COc1ccc(C(=O)NC2CCCCC2)cc1.Cl. The Morgan fingerprint density at radius 2 is 1.88 bits per heavy atom. The van der Waals surface area contributed by atoms with Crippen molar-refractivity contribution >= 4 is 18.3 Å². The number of hydrogen-bond acceptors (Lipinski definition) is 3. The predicted octanol–water partition coefficient (Wildman–Crippen LogP) is 3.75. The molecule has 1 aliphatic carbocycles. The highest BCUT2D eigenvalue weighted by atomic mass is 35.5. The third-order valence-electron chi connectivity index (χ3n) is 4.19. The van der Waals surface area contributed by atoms with E-state index in [0.29, 0.717) is 16.9 Å². The van der Waals surface area contributed by atoms with Gasteiger partial charge in [-0.25, -0.2) is 4.39 Å². The van der Waals surface area contributed by atoms with Crippen LogP contribution >= 0.6 is 12.4 Å². The van der Waals surface area contributed by atoms with Crippen LogP contribution in [0.25, 0.3) is 0 Å². The zero-order chi connectivity index (χ0) is 16.7. The third kappa shape index (κ3) is 6.13. The van der Waals surface area contributed by atoms with E-state index in [2.05, 4.69) is 5.32 Å². The van der Waals surface area contributed by atoms with Gasteiger partial charge in [-0.15, -0.1) is 12.4 Å². The lowest BCUT2D eigenvalue weighted by atomic mass is 9.95. The summed E-state index contributed by atoms with van der Waals surface area (Å²) in [6.07, 6.45) is 5.73. The molecule has 0 unspecified atom stereocenters. The molecule has 134 valence electrons. The number of rotatable bonds is 6. The molecule has 1 fully saturated rings. The summed E-state index contributed by atoms with van der Waals surface area (Å²) in [6.45, 7) is 1.67. The van der Waals surface area contributed by atoms with Gasteiger partial charge in [0.25, 0.3) is 5.91 Å². The van der Waals surface area contributed by atoms with Crippen molar-refractivity contribution in [1.29, 1.82) is 0 Å². The second-order valence-electron chi connectivity index (χ2n) is 6.01. The van der Waals surface area contributed by atoms with E-state index in [-0.39, 0.29) is 43.3 Å². The van der Waals surface area contributed by atoms with Gasteiger partial charge in [-0.1, -0.05) is 19.3 Å². The second-order valence-corrected chi connectivity index (χ2v) is 6.01. The highest BCUT2D eigenvalue weighted by Gasteiger charge is 2.16. The molecule has 1 aromatic rings. The normalized spacial score (nSPS) is 16.0. The van der Waals surface area contributed by atoms with Gasteiger partial charge in [-0.2, -0.15) is 0 Å². The number of ether oxygens (including phenoxy) is 1. The minimum absolute atomic E-state index is 0. The van der Waals surface area contributed by atoms with Gasteiger partial charge in [0.05, 0.1) is 0 Å². The highest BCUT2D eigenvalue weighted by molar-refractivity contribution is 5.94. The lowest BCUT2D eigenvalue weighted by Gasteiger charge is -2.22. The Labute approximate surface area is 149 Å². The van der Waals surface area contributed by atoms with E-state index < -0.39 is 0 Å². The van der Waals surface area contributed by atoms with Crippen LogP contribution in [-0.4, -0.2) is 25.1 Å². The third-order valence-corrected chi connectivity index (χ3v) is 4.19. The number of carbonyl (C=O) groups excluding carboxylic acids is 1. The molecule has 1 amide bonds. The molecule has 1 aliphatic rings. The summed E-state index contributed by atoms with van der Waals surface area (Å²) in [7, 11) is 0. The van der Waals surface area contributed by atoms with Crippen molar-refractivity contribution in [3.05, 3.63) is 41.2 Å². The van der Waals surface area contributed by atoms with E-state index >= 15 is 0 Å². The molecule has 6 heteroatoms. The molecule has 24 heavy (non-hydrogen) atoms. The molecule has 0 saturated heterocycles. The smallest absolute Gasteiger partial charge is 0.251 e. The Morgan fingerprint density at radius 3 is 2.46 bits per heavy atom. The fourth-order valence-corrected chi connectivity index (χ4v) is 2.60. The van der Waals surface area contributed by atoms with Crippen LogP contribution in [0.5, 0.6) is 5.75 Å². The van der Waals surface area contributed by atoms with Crippen molar-refractivity contribution in [2.45, 2.75) is 45.1 Å². The van der Waals surface area contributed by atoms with Crippen molar-refractivity contribution in [1.82, 2.24) is 5.32 Å². The fourth-order valence-electron chi connectivity index (χ4n) is 2.60. The molecule has 0 radical (unpaired) electrons. The van der Waals surface area contributed by atoms with Crippen molar-refractivity contribution in [2.24, 2.45) is 5.73 Å². The summed E-state index contributed by atoms with van der Waals surface area (Å²) in [4.78, 5) is 12.2. The first kappa shape index (κ1) is 20.5. The second kappa shape index (κ2) is 10.3. The van der Waals surface area contributed by atoms with Gasteiger partial charge >= 0.3 is 0 Å². The summed E-state index contributed by atoms with van der Waals surface area (Å²) in [5.41, 5.74) is 6.45. The van der Waals surface area contributed by atoms with Crippen LogP contribution in [-0.2, 0) is 0 Å². The van der Waals surface area contributed by atoms with Gasteiger partial charge in [-0.05, 0) is 49.6 Å². The van der Waals surface area contributed by atoms with Crippen LogP contribution in [0.1, 0.15) is 49.4 Å². The maximum Gasteiger partial charge on any atom is 0.251 e. The molecule has 4 nitrogen and oxygen atoms in total. The van der Waals surface area contributed by atoms with Crippen LogP contribution in [0.15, 0.2) is 35.7 Å². The maximum atomic E-state index is 13.6. The van der Waals surface area contributed by atoms with Crippen molar-refractivity contribution in [2.75, 3.05) is 13.2 Å². The van der Waals surface area contributed by atoms with Crippen molar-refractivity contribution in [3.8, 4) is 5.75 Å². The average molecular weight is 357 g/mol. The van der Waals surface area contributed by atoms with E-state index in [0.717, 1.165) is 12.8 Å². The van der Waals surface area contributed by atoms with E-state index in [4.69, 9.17) is 10.5 Å². The van der Waals surface area contributed by atoms with E-state index in [1.165, 1.54) is 19.3 Å². The molecule has 0 aliphatic heterocycles. The number of amides is 1. The topological polar surface area (TPSA) is 64.3 Å². The Kier molecular flexibility index (Phi) is 8.79. The first-order valence-electron chi connectivity index (χ1n) is 8.18. The Hall–Kier alpha value is -1.59. The maximum absolute atomic E-state index is 13.6. The monoisotopic (exact) mass is 356 g/mol. The van der Waals surface area contributed by atoms with Gasteiger partial charge in [0.15, 0.2) is 0 Å². The molecule has 2 rings (SSSR count). The summed E-state index contributed by atoms with van der Waals surface area (Å²) >= 11 is 0. The van der Waals surface area contributed by atoms with Crippen molar-refractivity contribution in [3.63, 3.8) is 0 Å². The number of nitrogens with two attached hydrogens (primary N) is 1. The molecule has 3 N–H and O–H groups in total. The quantitative estimate of drug-likeness (QED) is 0.815. The van der Waals surface area contributed by atoms with Gasteiger partial charge < -0.3 is 15.8 Å². The molecule has 1 aromatic carbocycles. The molecule has 0 aromatic heterocycles. The lowest BCUT2D eigenvalue weighted by molar-refractivity contribution is 0.0927. The van der Waals surface area contributed by atoms with Crippen LogP contribution in [0.3, 0.4) is 0 Å². The Bertz CT molecular complexity index is 555. The molecular weight excluding hydrogens is 331 g/mol. The molecular formula is C18H26ClFN2O2. The number of hydrogen-bond donors (Lipinski definition) is 2. The number of nitrogens with one attached hydrogen (secondary N) is 1. The predicted molar refractivity (Wildman–Crippen MR) is 96.4 cm³/mol. The number of halogens is 2. The zero-order valence-electron chi connectivity index (χ0n) is 14.0. The van der Waals surface area contributed by atoms with Gasteiger partial charge in [0.2, 0.25) is 0 Å². The summed E-state index contributed by atoms with van der Waals surface area (Å²) in [5, 5.41) is 3.07. The summed E-state index contributed by atoms with van der Waals surface area (Å²) < 4.78 is 18.9. The molecule has 0 bridgehead atoms. The van der Waals surface area contributed by atoms with E-state index in [1.807, 2.05) is 0 Å². The van der Waals surface area contributed by atoms with Crippen LogP contribution < -0.4 is 15.8 Å². The average Bonchev–Trinajstić information content (AvgIpc) is 2.60. The highest BCUT2D eigenvalue weighted by Crippen LogP contribution is 2.19. The standard InChI is InChI=1S/C18H25FN2O2.ClH/c1-13(11-20)17(19)12-23-16-9-7-14(8-10-16)18(22)21-15-5-3-2-4-6-15;/h7-10,15H,2-6,11-12,20H2,1H3,(H,21,22);1H. The van der Waals surface area contributed by atoms with E-state index in [1.54, 1.807) is 31.2 Å². The Morgan fingerprint density at radius 1 is 1.25 bits per heavy atom. The fraction of sp³-hybridized carbons (Fsp3) is 0.500. The van der Waals surface area contributed by atoms with E-state index in [9.17, 15) is 9.18 Å². The first-order valence-corrected chi connectivity index (χ1v) is 8.18. The minimum atomic E-state index is -0.355. The molecule has 0 heterocycles. The minimum Gasteiger partial charge on any atom is -0.487 e. The Balaban J connectivity index is 0.00000288. The van der Waals surface area contributed by atoms with Crippen molar-refractivity contribution < 1.29 is 13.9 Å². The van der Waals surface area contributed by atoms with Crippen LogP contribution in [0, 0.1) is 0 Å². The van der Waals surface area contributed by atoms with Crippen LogP contribution in [0.4, 0.5) is 4.39 Å². The lowest BCUT2D eigenvalue weighted by Crippen LogP contribution is -2.36. The van der Waals surface area contributed by atoms with Crippen LogP contribution in [0.2, 0.25) is 0 Å². The molecule has 0 spiro atoms. The number of carbonyl (C=O) groups is 1. The summed E-state index contributed by atoms with van der Waals surface area (Å²) in [6, 6.07) is 7.04. The van der Waals surface area contributed by atoms with Gasteiger partial charge in [-0.3, -0.25) is 4.79 Å².